The minimum atomic E-state index is -3.28. The largest absolute Gasteiger partial charge is 0.497 e. The second-order valence-corrected chi connectivity index (χ2v) is 10.2. The first-order valence-corrected chi connectivity index (χ1v) is 11.7. The smallest absolute Gasteiger partial charge is 0.180 e. The van der Waals surface area contributed by atoms with Gasteiger partial charge in [-0.3, -0.25) is 0 Å². The van der Waals surface area contributed by atoms with E-state index in [2.05, 4.69) is 23.2 Å². The molecular formula is C22H26N2O3S. The van der Waals surface area contributed by atoms with E-state index >= 15 is 0 Å². The van der Waals surface area contributed by atoms with Gasteiger partial charge in [-0.1, -0.05) is 6.07 Å². The number of sulfone groups is 1. The molecule has 0 spiro atoms. The number of piperidine rings is 1. The first-order chi connectivity index (χ1) is 13.5. The maximum Gasteiger partial charge on any atom is 0.180 e. The average Bonchev–Trinajstić information content (AvgIpc) is 2.93. The fourth-order valence-electron chi connectivity index (χ4n) is 5.21. The van der Waals surface area contributed by atoms with E-state index in [1.165, 1.54) is 5.56 Å². The number of nitrogens with zero attached hydrogens (tertiary/aromatic N) is 1. The quantitative estimate of drug-likeness (QED) is 0.842. The Bertz CT molecular complexity index is 1050. The summed E-state index contributed by atoms with van der Waals surface area (Å²) in [5, 5.41) is 3.51. The Balaban J connectivity index is 1.75. The summed E-state index contributed by atoms with van der Waals surface area (Å²) in [4.78, 5) is 2.92. The van der Waals surface area contributed by atoms with Crippen LogP contribution in [0.3, 0.4) is 0 Å². The average molecular weight is 399 g/mol. The first kappa shape index (κ1) is 18.0. The Morgan fingerprint density at radius 3 is 2.86 bits per heavy atom. The summed E-state index contributed by atoms with van der Waals surface area (Å²) in [5.74, 6) is 1.40. The van der Waals surface area contributed by atoms with Crippen LogP contribution in [0.1, 0.15) is 29.9 Å². The van der Waals surface area contributed by atoms with Crippen molar-refractivity contribution in [1.29, 1.82) is 0 Å². The molecule has 3 aliphatic rings. The Labute approximate surface area is 166 Å². The number of hydrogen-bond acceptors (Lipinski definition) is 5. The molecule has 0 unspecified atom stereocenters. The lowest BCUT2D eigenvalue weighted by molar-refractivity contribution is 0.403. The Morgan fingerprint density at radius 2 is 2.07 bits per heavy atom. The molecule has 0 amide bonds. The van der Waals surface area contributed by atoms with Gasteiger partial charge in [-0.15, -0.1) is 0 Å². The maximum absolute atomic E-state index is 13.1. The highest BCUT2D eigenvalue weighted by atomic mass is 32.2. The molecule has 1 N–H and O–H groups in total. The Morgan fingerprint density at radius 1 is 1.21 bits per heavy atom. The van der Waals surface area contributed by atoms with Gasteiger partial charge in [0.2, 0.25) is 0 Å². The van der Waals surface area contributed by atoms with Crippen LogP contribution in [-0.2, 0) is 9.84 Å². The fourth-order valence-corrected chi connectivity index (χ4v) is 6.78. The van der Waals surface area contributed by atoms with Crippen molar-refractivity contribution in [3.05, 3.63) is 41.5 Å². The lowest BCUT2D eigenvalue weighted by atomic mass is 9.88. The van der Waals surface area contributed by atoms with Gasteiger partial charge in [0.1, 0.15) is 5.75 Å². The van der Waals surface area contributed by atoms with Gasteiger partial charge >= 0.3 is 0 Å². The number of ether oxygens (including phenoxy) is 1. The van der Waals surface area contributed by atoms with Crippen LogP contribution in [0.2, 0.25) is 0 Å². The summed E-state index contributed by atoms with van der Waals surface area (Å²) in [5.41, 5.74) is 5.32. The highest BCUT2D eigenvalue weighted by Crippen LogP contribution is 2.50. The van der Waals surface area contributed by atoms with Gasteiger partial charge in [-0.05, 0) is 72.8 Å². The topological polar surface area (TPSA) is 58.6 Å². The molecule has 5 rings (SSSR count). The third-order valence-electron chi connectivity index (χ3n) is 6.53. The number of methoxy groups -OCH3 is 1. The van der Waals surface area contributed by atoms with Crippen molar-refractivity contribution >= 4 is 15.5 Å². The number of hydrogen-bond donors (Lipinski definition) is 1. The van der Waals surface area contributed by atoms with Crippen LogP contribution in [0.15, 0.2) is 35.2 Å². The van der Waals surface area contributed by atoms with Gasteiger partial charge in [-0.2, -0.15) is 0 Å². The van der Waals surface area contributed by atoms with Crippen LogP contribution < -0.4 is 15.0 Å². The molecule has 2 aromatic carbocycles. The van der Waals surface area contributed by atoms with E-state index in [4.69, 9.17) is 4.74 Å². The molecule has 6 heteroatoms. The van der Waals surface area contributed by atoms with E-state index in [1.54, 1.807) is 7.11 Å². The van der Waals surface area contributed by atoms with Crippen LogP contribution >= 0.6 is 0 Å². The number of aryl methyl sites for hydroxylation is 1. The third kappa shape index (κ3) is 2.65. The van der Waals surface area contributed by atoms with Crippen LogP contribution in [0.25, 0.3) is 11.1 Å². The number of benzene rings is 2. The molecule has 1 fully saturated rings. The third-order valence-corrected chi connectivity index (χ3v) is 8.34. The van der Waals surface area contributed by atoms with Crippen LogP contribution in [-0.4, -0.2) is 47.0 Å². The normalized spacial score (nSPS) is 25.0. The molecule has 0 saturated carbocycles. The van der Waals surface area contributed by atoms with Crippen molar-refractivity contribution in [2.24, 2.45) is 0 Å². The van der Waals surface area contributed by atoms with E-state index in [0.29, 0.717) is 23.3 Å². The molecule has 0 radical (unpaired) electrons. The van der Waals surface area contributed by atoms with E-state index < -0.39 is 9.84 Å². The predicted octanol–water partition coefficient (Wildman–Crippen LogP) is 3.11. The summed E-state index contributed by atoms with van der Waals surface area (Å²) in [7, 11) is -1.62. The van der Waals surface area contributed by atoms with Gasteiger partial charge in [0, 0.05) is 25.0 Å². The molecule has 0 aliphatic carbocycles. The minimum Gasteiger partial charge on any atom is -0.497 e. The van der Waals surface area contributed by atoms with Crippen molar-refractivity contribution < 1.29 is 13.2 Å². The summed E-state index contributed by atoms with van der Waals surface area (Å²) in [6.45, 7) is 4.80. The van der Waals surface area contributed by atoms with Gasteiger partial charge in [0.05, 0.1) is 23.4 Å². The highest BCUT2D eigenvalue weighted by Gasteiger charge is 2.44. The van der Waals surface area contributed by atoms with Crippen molar-refractivity contribution in [2.75, 3.05) is 37.4 Å². The standard InChI is InChI=1S/C22H26N2O3S/c1-14-10-16(27-2)4-5-17(14)15-11-18-19-13-23-7-6-20(19)24-8-3-9-28(25,26)21(12-15)22(18)24/h4-5,10-12,19-20,23H,3,6-9,13H2,1-2H3/t19-,20-/m0/s1. The molecule has 2 aromatic rings. The molecule has 0 aromatic heterocycles. The zero-order valence-electron chi connectivity index (χ0n) is 16.4. The van der Waals surface area contributed by atoms with Crippen molar-refractivity contribution in [2.45, 2.75) is 36.6 Å². The van der Waals surface area contributed by atoms with E-state index in [9.17, 15) is 8.42 Å². The van der Waals surface area contributed by atoms with Crippen molar-refractivity contribution in [3.63, 3.8) is 0 Å². The minimum absolute atomic E-state index is 0.233. The molecule has 5 nitrogen and oxygen atoms in total. The molecule has 3 aliphatic heterocycles. The van der Waals surface area contributed by atoms with E-state index in [1.807, 2.05) is 24.3 Å². The summed E-state index contributed by atoms with van der Waals surface area (Å²) >= 11 is 0. The predicted molar refractivity (Wildman–Crippen MR) is 111 cm³/mol. The maximum atomic E-state index is 13.1. The van der Waals surface area contributed by atoms with Crippen LogP contribution in [0, 0.1) is 6.92 Å². The molecule has 148 valence electrons. The van der Waals surface area contributed by atoms with Gasteiger partial charge < -0.3 is 15.0 Å². The first-order valence-electron chi connectivity index (χ1n) is 10.0. The zero-order chi connectivity index (χ0) is 19.5. The van der Waals surface area contributed by atoms with Crippen molar-refractivity contribution in [1.82, 2.24) is 5.32 Å². The monoisotopic (exact) mass is 398 g/mol. The zero-order valence-corrected chi connectivity index (χ0v) is 17.2. The van der Waals surface area contributed by atoms with Gasteiger partial charge in [0.15, 0.2) is 9.84 Å². The molecule has 1 saturated heterocycles. The molecule has 3 heterocycles. The lowest BCUT2D eigenvalue weighted by Crippen LogP contribution is -2.44. The van der Waals surface area contributed by atoms with Crippen LogP contribution in [0.4, 0.5) is 5.69 Å². The van der Waals surface area contributed by atoms with E-state index in [0.717, 1.165) is 54.2 Å². The second kappa shape index (κ2) is 6.49. The molecule has 0 bridgehead atoms. The summed E-state index contributed by atoms with van der Waals surface area (Å²) in [6.07, 6.45) is 1.76. The Kier molecular flexibility index (Phi) is 4.18. The summed E-state index contributed by atoms with van der Waals surface area (Å²) < 4.78 is 31.6. The fraction of sp³-hybridized carbons (Fsp3) is 0.455. The number of nitrogens with one attached hydrogen (secondary N) is 1. The second-order valence-electron chi connectivity index (χ2n) is 8.13. The lowest BCUT2D eigenvalue weighted by Gasteiger charge is -2.33. The SMILES string of the molecule is COc1ccc(-c2cc3c4c(c2)S(=O)(=O)CCCN4[C@H]2CCNC[C@@H]32)c(C)c1. The molecule has 2 atom stereocenters. The summed E-state index contributed by atoms with van der Waals surface area (Å²) in [6, 6.07) is 10.5. The molecular weight excluding hydrogens is 372 g/mol. The van der Waals surface area contributed by atoms with Gasteiger partial charge in [0.25, 0.3) is 0 Å². The number of anilines is 1. The Hall–Kier alpha value is -2.05. The van der Waals surface area contributed by atoms with Gasteiger partial charge in [-0.25, -0.2) is 8.42 Å². The number of fused-ring (bicyclic) bond motifs is 3. The number of rotatable bonds is 2. The van der Waals surface area contributed by atoms with Crippen LogP contribution in [0.5, 0.6) is 5.75 Å². The van der Waals surface area contributed by atoms with Crippen molar-refractivity contribution in [3.8, 4) is 16.9 Å². The highest BCUT2D eigenvalue weighted by molar-refractivity contribution is 7.91. The molecule has 28 heavy (non-hydrogen) atoms. The van der Waals surface area contributed by atoms with E-state index in [-0.39, 0.29) is 5.75 Å².